The van der Waals surface area contributed by atoms with Crippen LogP contribution in [0.4, 0.5) is 0 Å². The van der Waals surface area contributed by atoms with E-state index in [1.165, 1.54) is 11.8 Å². The fraction of sp³-hybridized carbons (Fsp3) is 0.545. The number of ether oxygens (including phenoxy) is 1. The molecule has 0 aliphatic carbocycles. The van der Waals surface area contributed by atoms with E-state index < -0.39 is 23.7 Å². The van der Waals surface area contributed by atoms with Crippen LogP contribution >= 0.6 is 11.8 Å². The van der Waals surface area contributed by atoms with Crippen molar-refractivity contribution in [2.45, 2.75) is 30.7 Å². The van der Waals surface area contributed by atoms with Gasteiger partial charge in [-0.3, -0.25) is 4.98 Å². The minimum Gasteiger partial charge on any atom is -0.475 e. The minimum atomic E-state index is -1.17. The molecule has 1 aliphatic rings. The summed E-state index contributed by atoms with van der Waals surface area (Å²) < 4.78 is 5.52. The van der Waals surface area contributed by atoms with Crippen LogP contribution in [0.25, 0.3) is 0 Å². The Kier molecular flexibility index (Phi) is 3.88. The molecule has 1 aromatic heterocycles. The zero-order chi connectivity index (χ0) is 12.4. The van der Waals surface area contributed by atoms with Crippen LogP contribution in [0.2, 0.25) is 0 Å². The van der Waals surface area contributed by atoms with Gasteiger partial charge in [0.2, 0.25) is 0 Å². The Morgan fingerprint density at radius 3 is 2.71 bits per heavy atom. The van der Waals surface area contributed by atoms with E-state index in [0.29, 0.717) is 11.5 Å². The van der Waals surface area contributed by atoms with Crippen LogP contribution in [0.5, 0.6) is 5.75 Å². The number of nitrogens with zero attached hydrogens (tertiary/aromatic N) is 1. The first kappa shape index (κ1) is 12.6. The lowest BCUT2D eigenvalue weighted by molar-refractivity contribution is -0.0786. The van der Waals surface area contributed by atoms with Gasteiger partial charge in [-0.15, -0.1) is 11.8 Å². The predicted molar refractivity (Wildman–Crippen MR) is 63.9 cm³/mol. The summed E-state index contributed by atoms with van der Waals surface area (Å²) in [4.78, 5) is 4.08. The molecule has 0 saturated carbocycles. The van der Waals surface area contributed by atoms with Gasteiger partial charge in [0.15, 0.2) is 5.44 Å². The van der Waals surface area contributed by atoms with Crippen LogP contribution in [0, 0.1) is 6.92 Å². The molecule has 2 rings (SSSR count). The fourth-order valence-electron chi connectivity index (χ4n) is 1.54. The smallest absolute Gasteiger partial charge is 0.173 e. The molecule has 1 aromatic rings. The number of aromatic nitrogens is 1. The lowest BCUT2D eigenvalue weighted by Crippen LogP contribution is -2.50. The van der Waals surface area contributed by atoms with E-state index in [9.17, 15) is 15.3 Å². The van der Waals surface area contributed by atoms with Gasteiger partial charge < -0.3 is 20.1 Å². The standard InChI is InChI=1S/C11H15NO4S/c1-6-2-3-7(4-12-6)16-11-10(15)9(14)8(13)5-17-11/h2-4,8-11,13-15H,5H2,1H3/t8-,9+,10-,11-/m1/s1. The summed E-state index contributed by atoms with van der Waals surface area (Å²) in [6.07, 6.45) is -1.62. The molecule has 0 amide bonds. The normalized spacial score (nSPS) is 33.4. The molecule has 6 heteroatoms. The average molecular weight is 257 g/mol. The third kappa shape index (κ3) is 2.90. The summed E-state index contributed by atoms with van der Waals surface area (Å²) in [5.41, 5.74) is 0.294. The van der Waals surface area contributed by atoms with Crippen molar-refractivity contribution in [1.82, 2.24) is 4.98 Å². The molecule has 1 fully saturated rings. The number of pyridine rings is 1. The predicted octanol–water partition coefficient (Wildman–Crippen LogP) is -0.0756. The van der Waals surface area contributed by atoms with Gasteiger partial charge in [-0.25, -0.2) is 0 Å². The van der Waals surface area contributed by atoms with Crippen LogP contribution in [0.15, 0.2) is 18.3 Å². The van der Waals surface area contributed by atoms with Crippen molar-refractivity contribution in [2.24, 2.45) is 0 Å². The zero-order valence-corrected chi connectivity index (χ0v) is 10.2. The fourth-order valence-corrected chi connectivity index (χ4v) is 2.66. The SMILES string of the molecule is Cc1ccc(O[C@@H]2SC[C@@H](O)[C@H](O)[C@H]2O)cn1. The Morgan fingerprint density at radius 1 is 1.29 bits per heavy atom. The van der Waals surface area contributed by atoms with E-state index >= 15 is 0 Å². The monoisotopic (exact) mass is 257 g/mol. The Bertz CT molecular complexity index is 372. The van der Waals surface area contributed by atoms with E-state index in [1.54, 1.807) is 18.3 Å². The molecule has 5 nitrogen and oxygen atoms in total. The first-order valence-corrected chi connectivity index (χ1v) is 6.38. The van der Waals surface area contributed by atoms with E-state index in [4.69, 9.17) is 4.74 Å². The third-order valence-electron chi connectivity index (χ3n) is 2.59. The molecule has 0 aromatic carbocycles. The largest absolute Gasteiger partial charge is 0.475 e. The lowest BCUT2D eigenvalue weighted by atomic mass is 10.1. The van der Waals surface area contributed by atoms with E-state index in [2.05, 4.69) is 4.98 Å². The Labute approximate surface area is 103 Å². The minimum absolute atomic E-state index is 0.335. The Hall–Kier alpha value is -0.820. The number of aliphatic hydroxyl groups excluding tert-OH is 3. The van der Waals surface area contributed by atoms with E-state index in [-0.39, 0.29) is 0 Å². The van der Waals surface area contributed by atoms with Gasteiger partial charge in [-0.05, 0) is 19.1 Å². The number of rotatable bonds is 2. The number of hydrogen-bond acceptors (Lipinski definition) is 6. The highest BCUT2D eigenvalue weighted by molar-refractivity contribution is 7.99. The second-order valence-electron chi connectivity index (χ2n) is 4.00. The summed E-state index contributed by atoms with van der Waals surface area (Å²) >= 11 is 1.27. The molecule has 2 heterocycles. The van der Waals surface area contributed by atoms with E-state index in [0.717, 1.165) is 5.69 Å². The van der Waals surface area contributed by atoms with Gasteiger partial charge >= 0.3 is 0 Å². The summed E-state index contributed by atoms with van der Waals surface area (Å²) in [6, 6.07) is 3.56. The molecule has 0 bridgehead atoms. The summed E-state index contributed by atoms with van der Waals surface area (Å²) in [5.74, 6) is 0.873. The zero-order valence-electron chi connectivity index (χ0n) is 9.35. The molecule has 3 N–H and O–H groups in total. The highest BCUT2D eigenvalue weighted by atomic mass is 32.2. The van der Waals surface area contributed by atoms with Gasteiger partial charge in [-0.2, -0.15) is 0 Å². The van der Waals surface area contributed by atoms with Gasteiger partial charge in [0.25, 0.3) is 0 Å². The van der Waals surface area contributed by atoms with Crippen LogP contribution in [-0.2, 0) is 0 Å². The third-order valence-corrected chi connectivity index (χ3v) is 3.83. The van der Waals surface area contributed by atoms with Crippen LogP contribution < -0.4 is 4.74 Å². The van der Waals surface area contributed by atoms with Crippen molar-refractivity contribution in [1.29, 1.82) is 0 Å². The van der Waals surface area contributed by atoms with E-state index in [1.807, 2.05) is 6.92 Å². The van der Waals surface area contributed by atoms with Crippen molar-refractivity contribution in [2.75, 3.05) is 5.75 Å². The van der Waals surface area contributed by atoms with Crippen LogP contribution in [0.1, 0.15) is 5.69 Å². The van der Waals surface area contributed by atoms with Gasteiger partial charge in [-0.1, -0.05) is 0 Å². The van der Waals surface area contributed by atoms with Crippen molar-refractivity contribution >= 4 is 11.8 Å². The maximum absolute atomic E-state index is 9.75. The maximum atomic E-state index is 9.75. The second kappa shape index (κ2) is 5.22. The number of thioether (sulfide) groups is 1. The maximum Gasteiger partial charge on any atom is 0.173 e. The first-order valence-electron chi connectivity index (χ1n) is 5.33. The van der Waals surface area contributed by atoms with Gasteiger partial charge in [0, 0.05) is 11.4 Å². The quantitative estimate of drug-likeness (QED) is 0.687. The molecule has 4 atom stereocenters. The van der Waals surface area contributed by atoms with Crippen molar-refractivity contribution in [3.05, 3.63) is 24.0 Å². The first-order chi connectivity index (χ1) is 8.08. The van der Waals surface area contributed by atoms with Crippen LogP contribution in [-0.4, -0.2) is 49.8 Å². The van der Waals surface area contributed by atoms with Crippen molar-refractivity contribution < 1.29 is 20.1 Å². The van der Waals surface area contributed by atoms with Gasteiger partial charge in [0.05, 0.1) is 12.3 Å². The number of aryl methyl sites for hydroxylation is 1. The summed E-state index contributed by atoms with van der Waals surface area (Å²) in [7, 11) is 0. The summed E-state index contributed by atoms with van der Waals surface area (Å²) in [5, 5.41) is 28.6. The van der Waals surface area contributed by atoms with Crippen molar-refractivity contribution in [3.8, 4) is 5.75 Å². The molecular formula is C11H15NO4S. The summed E-state index contributed by atoms with van der Waals surface area (Å²) in [6.45, 7) is 1.87. The highest BCUT2D eigenvalue weighted by Gasteiger charge is 2.38. The Balaban J connectivity index is 2.01. The molecule has 0 spiro atoms. The Morgan fingerprint density at radius 2 is 2.06 bits per heavy atom. The highest BCUT2D eigenvalue weighted by Crippen LogP contribution is 2.28. The molecule has 1 aliphatic heterocycles. The molecule has 0 radical (unpaired) electrons. The van der Waals surface area contributed by atoms with Crippen LogP contribution in [0.3, 0.4) is 0 Å². The average Bonchev–Trinajstić information content (AvgIpc) is 2.33. The molecule has 1 saturated heterocycles. The molecular weight excluding hydrogens is 242 g/mol. The van der Waals surface area contributed by atoms with Gasteiger partial charge in [0.1, 0.15) is 18.0 Å². The topological polar surface area (TPSA) is 82.8 Å². The lowest BCUT2D eigenvalue weighted by Gasteiger charge is -2.34. The molecule has 0 unspecified atom stereocenters. The van der Waals surface area contributed by atoms with Crippen molar-refractivity contribution in [3.63, 3.8) is 0 Å². The number of hydrogen-bond donors (Lipinski definition) is 3. The second-order valence-corrected chi connectivity index (χ2v) is 5.13. The molecule has 94 valence electrons. The number of aliphatic hydroxyl groups is 3. The molecule has 17 heavy (non-hydrogen) atoms.